The fourth-order valence-electron chi connectivity index (χ4n) is 1.89. The highest BCUT2D eigenvalue weighted by molar-refractivity contribution is 5.68. The number of nitrogens with zero attached hydrogens (tertiary/aromatic N) is 2. The number of carbonyl (C=O) groups is 1. The molecule has 0 atom stereocenters. The van der Waals surface area contributed by atoms with Crippen LogP contribution < -0.4 is 11.3 Å². The Hall–Kier alpha value is -0.850. The molecular weight excluding hydrogens is 232 g/mol. The molecule has 1 aliphatic heterocycles. The smallest absolute Gasteiger partial charge is 0.410 e. The number of rotatable bonds is 4. The lowest BCUT2D eigenvalue weighted by atomic mass is 10.2. The van der Waals surface area contributed by atoms with Gasteiger partial charge >= 0.3 is 6.09 Å². The summed E-state index contributed by atoms with van der Waals surface area (Å²) in [5.41, 5.74) is 2.23. The summed E-state index contributed by atoms with van der Waals surface area (Å²) in [5.74, 6) is 5.23. The molecule has 18 heavy (non-hydrogen) atoms. The van der Waals surface area contributed by atoms with E-state index in [1.807, 2.05) is 20.8 Å². The highest BCUT2D eigenvalue weighted by Crippen LogP contribution is 2.11. The second-order valence-corrected chi connectivity index (χ2v) is 5.62. The van der Waals surface area contributed by atoms with Gasteiger partial charge in [-0.05, 0) is 33.7 Å². The lowest BCUT2D eigenvalue weighted by Gasteiger charge is -2.35. The van der Waals surface area contributed by atoms with Crippen LogP contribution in [0, 0.1) is 0 Å². The minimum Gasteiger partial charge on any atom is -0.444 e. The SMILES string of the molecule is CC(C)(C)OC(=O)N1CCN(CCCNN)CC1. The fourth-order valence-corrected chi connectivity index (χ4v) is 1.89. The van der Waals surface area contributed by atoms with Crippen LogP contribution in [0.15, 0.2) is 0 Å². The molecule has 0 aromatic heterocycles. The molecule has 0 aromatic carbocycles. The van der Waals surface area contributed by atoms with Crippen molar-refractivity contribution >= 4 is 6.09 Å². The van der Waals surface area contributed by atoms with Gasteiger partial charge in [-0.25, -0.2) is 4.79 Å². The molecule has 0 aliphatic carbocycles. The molecule has 0 spiro atoms. The predicted molar refractivity (Wildman–Crippen MR) is 71.1 cm³/mol. The van der Waals surface area contributed by atoms with Gasteiger partial charge in [0, 0.05) is 32.7 Å². The van der Waals surface area contributed by atoms with Crippen molar-refractivity contribution in [3.05, 3.63) is 0 Å². The number of carbonyl (C=O) groups excluding carboxylic acids is 1. The molecule has 0 aromatic rings. The highest BCUT2D eigenvalue weighted by atomic mass is 16.6. The van der Waals surface area contributed by atoms with Gasteiger partial charge in [0.2, 0.25) is 0 Å². The quantitative estimate of drug-likeness (QED) is 0.434. The summed E-state index contributed by atoms with van der Waals surface area (Å²) in [6.45, 7) is 10.8. The average Bonchev–Trinajstić information content (AvgIpc) is 2.28. The number of nitrogens with one attached hydrogen (secondary N) is 1. The molecule has 1 amide bonds. The van der Waals surface area contributed by atoms with Gasteiger partial charge in [-0.1, -0.05) is 0 Å². The highest BCUT2D eigenvalue weighted by Gasteiger charge is 2.25. The lowest BCUT2D eigenvalue weighted by Crippen LogP contribution is -2.50. The van der Waals surface area contributed by atoms with Crippen LogP contribution in [0.5, 0.6) is 0 Å². The largest absolute Gasteiger partial charge is 0.444 e. The van der Waals surface area contributed by atoms with E-state index >= 15 is 0 Å². The Morgan fingerprint density at radius 1 is 1.28 bits per heavy atom. The molecule has 0 saturated carbocycles. The van der Waals surface area contributed by atoms with Crippen LogP contribution in [0.2, 0.25) is 0 Å². The Morgan fingerprint density at radius 3 is 2.39 bits per heavy atom. The lowest BCUT2D eigenvalue weighted by molar-refractivity contribution is 0.0144. The number of hydrogen-bond donors (Lipinski definition) is 2. The van der Waals surface area contributed by atoms with Crippen LogP contribution in [0.3, 0.4) is 0 Å². The maximum absolute atomic E-state index is 11.8. The molecule has 1 heterocycles. The number of amides is 1. The van der Waals surface area contributed by atoms with Crippen molar-refractivity contribution in [3.63, 3.8) is 0 Å². The molecular formula is C12H26N4O2. The van der Waals surface area contributed by atoms with Gasteiger partial charge in [-0.3, -0.25) is 16.2 Å². The summed E-state index contributed by atoms with van der Waals surface area (Å²) in [5, 5.41) is 0. The molecule has 1 fully saturated rings. The van der Waals surface area contributed by atoms with Crippen LogP contribution in [-0.2, 0) is 4.74 Å². The first-order valence-electron chi connectivity index (χ1n) is 6.56. The summed E-state index contributed by atoms with van der Waals surface area (Å²) in [7, 11) is 0. The van der Waals surface area contributed by atoms with Gasteiger partial charge in [0.05, 0.1) is 0 Å². The van der Waals surface area contributed by atoms with E-state index in [9.17, 15) is 4.79 Å². The van der Waals surface area contributed by atoms with E-state index in [0.29, 0.717) is 0 Å². The van der Waals surface area contributed by atoms with Gasteiger partial charge in [-0.15, -0.1) is 0 Å². The molecule has 6 heteroatoms. The normalized spacial score (nSPS) is 17.9. The van der Waals surface area contributed by atoms with Gasteiger partial charge in [0.1, 0.15) is 5.60 Å². The number of ether oxygens (including phenoxy) is 1. The van der Waals surface area contributed by atoms with Gasteiger partial charge < -0.3 is 9.64 Å². The zero-order chi connectivity index (χ0) is 13.6. The summed E-state index contributed by atoms with van der Waals surface area (Å²) in [6, 6.07) is 0. The zero-order valence-corrected chi connectivity index (χ0v) is 11.7. The second kappa shape index (κ2) is 6.92. The minimum absolute atomic E-state index is 0.203. The van der Waals surface area contributed by atoms with E-state index in [0.717, 1.165) is 45.7 Å². The van der Waals surface area contributed by atoms with Crippen LogP contribution >= 0.6 is 0 Å². The summed E-state index contributed by atoms with van der Waals surface area (Å²) >= 11 is 0. The molecule has 6 nitrogen and oxygen atoms in total. The molecule has 106 valence electrons. The second-order valence-electron chi connectivity index (χ2n) is 5.62. The Bertz CT molecular complexity index is 257. The van der Waals surface area contributed by atoms with Crippen LogP contribution in [0.1, 0.15) is 27.2 Å². The van der Waals surface area contributed by atoms with Crippen LogP contribution in [0.4, 0.5) is 4.79 Å². The molecule has 1 rings (SSSR count). The first-order valence-corrected chi connectivity index (χ1v) is 6.56. The first kappa shape index (κ1) is 15.2. The molecule has 1 aliphatic rings. The predicted octanol–water partition coefficient (Wildman–Crippen LogP) is 0.393. The van der Waals surface area contributed by atoms with E-state index in [1.54, 1.807) is 4.90 Å². The molecule has 3 N–H and O–H groups in total. The Labute approximate surface area is 109 Å². The van der Waals surface area contributed by atoms with E-state index in [1.165, 1.54) is 0 Å². The maximum Gasteiger partial charge on any atom is 0.410 e. The van der Waals surface area contributed by atoms with Gasteiger partial charge in [0.15, 0.2) is 0 Å². The van der Waals surface area contributed by atoms with Gasteiger partial charge in [0.25, 0.3) is 0 Å². The molecule has 0 bridgehead atoms. The zero-order valence-electron chi connectivity index (χ0n) is 11.7. The van der Waals surface area contributed by atoms with E-state index in [-0.39, 0.29) is 6.09 Å². The third-order valence-electron chi connectivity index (χ3n) is 2.82. The van der Waals surface area contributed by atoms with Crippen molar-refractivity contribution in [2.45, 2.75) is 32.8 Å². The summed E-state index contributed by atoms with van der Waals surface area (Å²) < 4.78 is 5.35. The third kappa shape index (κ3) is 5.66. The summed E-state index contributed by atoms with van der Waals surface area (Å²) in [6.07, 6.45) is 0.828. The minimum atomic E-state index is -0.416. The van der Waals surface area contributed by atoms with Crippen molar-refractivity contribution < 1.29 is 9.53 Å². The monoisotopic (exact) mass is 258 g/mol. The van der Waals surface area contributed by atoms with Crippen molar-refractivity contribution in [1.29, 1.82) is 0 Å². The van der Waals surface area contributed by atoms with Gasteiger partial charge in [-0.2, -0.15) is 0 Å². The average molecular weight is 258 g/mol. The van der Waals surface area contributed by atoms with Crippen LogP contribution in [-0.4, -0.2) is 60.8 Å². The maximum atomic E-state index is 11.8. The summed E-state index contributed by atoms with van der Waals surface area (Å²) in [4.78, 5) is 16.0. The molecule has 1 saturated heterocycles. The molecule has 0 unspecified atom stereocenters. The Morgan fingerprint density at radius 2 is 1.89 bits per heavy atom. The third-order valence-corrected chi connectivity index (χ3v) is 2.82. The van der Waals surface area contributed by atoms with Crippen LogP contribution in [0.25, 0.3) is 0 Å². The number of hydrazine groups is 1. The topological polar surface area (TPSA) is 70.8 Å². The van der Waals surface area contributed by atoms with Crippen molar-refractivity contribution in [2.75, 3.05) is 39.3 Å². The Balaban J connectivity index is 2.24. The molecule has 0 radical (unpaired) electrons. The van der Waals surface area contributed by atoms with Crippen molar-refractivity contribution in [3.8, 4) is 0 Å². The van der Waals surface area contributed by atoms with E-state index in [2.05, 4.69) is 10.3 Å². The van der Waals surface area contributed by atoms with E-state index < -0.39 is 5.60 Å². The number of nitrogens with two attached hydrogens (primary N) is 1. The first-order chi connectivity index (χ1) is 8.42. The number of piperazine rings is 1. The fraction of sp³-hybridized carbons (Fsp3) is 0.917. The van der Waals surface area contributed by atoms with Crippen molar-refractivity contribution in [2.24, 2.45) is 5.84 Å². The Kier molecular flexibility index (Phi) is 5.84. The van der Waals surface area contributed by atoms with Crippen molar-refractivity contribution in [1.82, 2.24) is 15.2 Å². The standard InChI is InChI=1S/C12H26N4O2/c1-12(2,3)18-11(17)16-9-7-15(8-10-16)6-4-5-14-13/h14H,4-10,13H2,1-3H3. The van der Waals surface area contributed by atoms with E-state index in [4.69, 9.17) is 10.6 Å². The number of hydrogen-bond acceptors (Lipinski definition) is 5.